The summed E-state index contributed by atoms with van der Waals surface area (Å²) in [6.45, 7) is 10.6. The van der Waals surface area contributed by atoms with Gasteiger partial charge >= 0.3 is 11.2 Å². The van der Waals surface area contributed by atoms with E-state index >= 15 is 0 Å². The number of thiazole rings is 1. The highest BCUT2D eigenvalue weighted by atomic mass is 32.1. The highest BCUT2D eigenvalue weighted by Gasteiger charge is 2.38. The average molecular weight is 492 g/mol. The molecule has 4 rings (SSSR count). The van der Waals surface area contributed by atoms with Crippen LogP contribution in [0.15, 0.2) is 35.1 Å². The first kappa shape index (κ1) is 24.4. The van der Waals surface area contributed by atoms with E-state index in [2.05, 4.69) is 43.5 Å². The quantitative estimate of drug-likeness (QED) is 0.415. The summed E-state index contributed by atoms with van der Waals surface area (Å²) in [6, 6.07) is 8.59. The Kier molecular flexibility index (Phi) is 5.87. The molecule has 0 radical (unpaired) electrons. The summed E-state index contributed by atoms with van der Waals surface area (Å²) in [4.78, 5) is 13.9. The number of aromatic nitrogens is 1. The van der Waals surface area contributed by atoms with Gasteiger partial charge < -0.3 is 9.84 Å². The fourth-order valence-corrected chi connectivity index (χ4v) is 5.54. The third-order valence-electron chi connectivity index (χ3n) is 6.82. The van der Waals surface area contributed by atoms with Crippen molar-refractivity contribution >= 4 is 11.3 Å². The van der Waals surface area contributed by atoms with E-state index in [-0.39, 0.29) is 33.8 Å². The Labute approximate surface area is 200 Å². The van der Waals surface area contributed by atoms with Gasteiger partial charge in [-0.2, -0.15) is 0 Å². The molecule has 182 valence electrons. The first-order valence-electron chi connectivity index (χ1n) is 11.1. The number of ether oxygens (including phenoxy) is 1. The lowest BCUT2D eigenvalue weighted by molar-refractivity contribution is -0.274. The van der Waals surface area contributed by atoms with Crippen LogP contribution in [0.4, 0.5) is 13.2 Å². The van der Waals surface area contributed by atoms with E-state index in [0.717, 1.165) is 35.3 Å². The molecule has 1 aromatic heterocycles. The number of aromatic hydroxyl groups is 1. The number of benzene rings is 2. The van der Waals surface area contributed by atoms with E-state index in [1.54, 1.807) is 6.07 Å². The minimum absolute atomic E-state index is 0.0233. The maximum Gasteiger partial charge on any atom is 0.573 e. The average Bonchev–Trinajstić information content (AvgIpc) is 3.02. The molecule has 1 aliphatic rings. The number of nitrogens with one attached hydrogen (secondary N) is 1. The summed E-state index contributed by atoms with van der Waals surface area (Å²) in [6.07, 6.45) is -2.62. The fraction of sp³-hybridized carbons (Fsp3) is 0.423. The lowest BCUT2D eigenvalue weighted by Gasteiger charge is -2.42. The molecule has 0 amide bonds. The van der Waals surface area contributed by atoms with Crippen LogP contribution in [0.1, 0.15) is 67.7 Å². The number of hydrogen-bond acceptors (Lipinski definition) is 4. The largest absolute Gasteiger partial charge is 0.573 e. The Balaban J connectivity index is 1.89. The third-order valence-corrected chi connectivity index (χ3v) is 7.69. The first-order chi connectivity index (χ1) is 15.7. The Morgan fingerprint density at radius 2 is 1.65 bits per heavy atom. The van der Waals surface area contributed by atoms with Crippen molar-refractivity contribution < 1.29 is 23.0 Å². The number of fused-ring (bicyclic) bond motifs is 1. The SMILES string of the molecule is Cc1cc2c(cc1-c1cc(Cc3sc(=O)[nH]c3O)ccc1OC(F)(F)F)C(C)(C)CCC2(C)C. The minimum Gasteiger partial charge on any atom is -0.494 e. The van der Waals surface area contributed by atoms with E-state index in [1.807, 2.05) is 13.0 Å². The number of rotatable bonds is 4. The van der Waals surface area contributed by atoms with E-state index in [1.165, 1.54) is 17.7 Å². The van der Waals surface area contributed by atoms with Crippen molar-refractivity contribution in [3.8, 4) is 22.8 Å². The minimum atomic E-state index is -4.84. The smallest absolute Gasteiger partial charge is 0.494 e. The van der Waals surface area contributed by atoms with E-state index in [0.29, 0.717) is 21.6 Å². The van der Waals surface area contributed by atoms with Crippen LogP contribution in [-0.4, -0.2) is 16.5 Å². The molecular weight excluding hydrogens is 463 g/mol. The molecule has 1 heterocycles. The molecule has 3 aromatic rings. The molecule has 0 atom stereocenters. The molecule has 0 fully saturated rings. The fourth-order valence-electron chi connectivity index (χ4n) is 4.78. The number of halogens is 3. The van der Waals surface area contributed by atoms with Gasteiger partial charge in [-0.3, -0.25) is 9.78 Å². The molecule has 0 saturated heterocycles. The van der Waals surface area contributed by atoms with Gasteiger partial charge in [0.2, 0.25) is 5.88 Å². The van der Waals surface area contributed by atoms with Crippen molar-refractivity contribution in [3.05, 3.63) is 67.1 Å². The second kappa shape index (κ2) is 8.18. The van der Waals surface area contributed by atoms with Gasteiger partial charge in [-0.05, 0) is 76.6 Å². The first-order valence-corrected chi connectivity index (χ1v) is 11.9. The van der Waals surface area contributed by atoms with Crippen molar-refractivity contribution in [3.63, 3.8) is 0 Å². The predicted octanol–water partition coefficient (Wildman–Crippen LogP) is 6.96. The number of hydrogen-bond donors (Lipinski definition) is 2. The van der Waals surface area contributed by atoms with Crippen molar-refractivity contribution in [1.82, 2.24) is 4.98 Å². The van der Waals surface area contributed by atoms with Crippen LogP contribution >= 0.6 is 11.3 Å². The zero-order chi connectivity index (χ0) is 25.1. The summed E-state index contributed by atoms with van der Waals surface area (Å²) in [5, 5.41) is 9.95. The summed E-state index contributed by atoms with van der Waals surface area (Å²) in [7, 11) is 0. The Hall–Kier alpha value is -2.74. The monoisotopic (exact) mass is 491 g/mol. The second-order valence-electron chi connectivity index (χ2n) is 10.3. The lowest BCUT2D eigenvalue weighted by atomic mass is 9.62. The van der Waals surface area contributed by atoms with Gasteiger partial charge in [-0.1, -0.05) is 51.2 Å². The number of H-pyrrole nitrogens is 1. The maximum absolute atomic E-state index is 13.2. The van der Waals surface area contributed by atoms with Crippen molar-refractivity contribution in [1.29, 1.82) is 0 Å². The Morgan fingerprint density at radius 3 is 2.21 bits per heavy atom. The van der Waals surface area contributed by atoms with Gasteiger partial charge in [0.1, 0.15) is 5.75 Å². The lowest BCUT2D eigenvalue weighted by Crippen LogP contribution is -2.34. The number of aryl methyl sites for hydroxylation is 1. The van der Waals surface area contributed by atoms with Crippen LogP contribution < -0.4 is 9.61 Å². The summed E-state index contributed by atoms with van der Waals surface area (Å²) in [5.41, 5.74) is 4.75. The van der Waals surface area contributed by atoms with Crippen LogP contribution in [0.5, 0.6) is 11.6 Å². The van der Waals surface area contributed by atoms with E-state index in [4.69, 9.17) is 0 Å². The van der Waals surface area contributed by atoms with Crippen molar-refractivity contribution in [2.45, 2.75) is 71.1 Å². The molecule has 2 N–H and O–H groups in total. The van der Waals surface area contributed by atoms with Gasteiger partial charge in [0, 0.05) is 12.0 Å². The van der Waals surface area contributed by atoms with Crippen LogP contribution in [0.2, 0.25) is 0 Å². The molecule has 0 unspecified atom stereocenters. The summed E-state index contributed by atoms with van der Waals surface area (Å²) < 4.78 is 44.1. The molecule has 2 aromatic carbocycles. The molecule has 4 nitrogen and oxygen atoms in total. The molecule has 0 aliphatic heterocycles. The van der Waals surface area contributed by atoms with Crippen molar-refractivity contribution in [2.75, 3.05) is 0 Å². The molecule has 0 bridgehead atoms. The third kappa shape index (κ3) is 4.73. The zero-order valence-electron chi connectivity index (χ0n) is 19.8. The molecule has 1 aliphatic carbocycles. The highest BCUT2D eigenvalue weighted by Crippen LogP contribution is 2.48. The molecule has 34 heavy (non-hydrogen) atoms. The Bertz CT molecular complexity index is 1300. The van der Waals surface area contributed by atoms with E-state index < -0.39 is 6.36 Å². The molecule has 8 heteroatoms. The van der Waals surface area contributed by atoms with Crippen LogP contribution in [0.25, 0.3) is 11.1 Å². The number of aromatic amines is 1. The van der Waals surface area contributed by atoms with Gasteiger partial charge in [-0.25, -0.2) is 0 Å². The topological polar surface area (TPSA) is 62.3 Å². The molecular formula is C26H28F3NO3S. The summed E-state index contributed by atoms with van der Waals surface area (Å²) in [5.74, 6) is -0.500. The second-order valence-corrected chi connectivity index (χ2v) is 11.4. The Morgan fingerprint density at radius 1 is 1.03 bits per heavy atom. The molecule has 0 saturated carbocycles. The van der Waals surface area contributed by atoms with Crippen LogP contribution in [0.3, 0.4) is 0 Å². The highest BCUT2D eigenvalue weighted by molar-refractivity contribution is 7.09. The predicted molar refractivity (Wildman–Crippen MR) is 128 cm³/mol. The zero-order valence-corrected chi connectivity index (χ0v) is 20.6. The van der Waals surface area contributed by atoms with Crippen molar-refractivity contribution in [2.24, 2.45) is 0 Å². The van der Waals surface area contributed by atoms with Gasteiger partial charge in [0.15, 0.2) is 0 Å². The maximum atomic E-state index is 13.2. The molecule has 0 spiro atoms. The van der Waals surface area contributed by atoms with Gasteiger partial charge in [0.25, 0.3) is 0 Å². The van der Waals surface area contributed by atoms with Gasteiger partial charge in [0.05, 0.1) is 4.88 Å². The normalized spacial score (nSPS) is 16.8. The van der Waals surface area contributed by atoms with Gasteiger partial charge in [-0.15, -0.1) is 13.2 Å². The number of alkyl halides is 3. The van der Waals surface area contributed by atoms with Crippen LogP contribution in [-0.2, 0) is 17.3 Å². The van der Waals surface area contributed by atoms with E-state index in [9.17, 15) is 23.1 Å². The standard InChI is InChI=1S/C26H28F3NO3S/c1-14-10-18-19(25(4,5)9-8-24(18,2)3)13-16(14)17-11-15(6-7-20(17)33-26(27,28)29)12-21-22(31)30-23(32)34-21/h6-7,10-11,13,31H,8-9,12H2,1-5H3,(H,30,32). The van der Waals surface area contributed by atoms with Crippen LogP contribution in [0, 0.1) is 6.92 Å². The summed E-state index contributed by atoms with van der Waals surface area (Å²) >= 11 is 0.874.